The van der Waals surface area contributed by atoms with E-state index >= 15 is 0 Å². The average molecular weight is 151 g/mol. The van der Waals surface area contributed by atoms with Crippen LogP contribution in [0.3, 0.4) is 0 Å². The lowest BCUT2D eigenvalue weighted by Crippen LogP contribution is -2.13. The molecule has 0 amide bonds. The lowest BCUT2D eigenvalue weighted by Gasteiger charge is -2.05. The van der Waals surface area contributed by atoms with Gasteiger partial charge >= 0.3 is 5.97 Å². The predicted molar refractivity (Wildman–Crippen MR) is 36.6 cm³/mol. The van der Waals surface area contributed by atoms with Crippen molar-refractivity contribution >= 4 is 5.97 Å². The van der Waals surface area contributed by atoms with Crippen LogP contribution in [0.15, 0.2) is 24.3 Å². The summed E-state index contributed by atoms with van der Waals surface area (Å²) in [5.74, 6) is -0.843. The number of hydrogen-bond acceptors (Lipinski definition) is 3. The Balaban J connectivity index is 2.90. The van der Waals surface area contributed by atoms with E-state index in [-0.39, 0.29) is 5.56 Å². The summed E-state index contributed by atoms with van der Waals surface area (Å²) in [5.41, 5.74) is 1.32. The van der Waals surface area contributed by atoms with Crippen LogP contribution in [0.2, 0.25) is 0 Å². The van der Waals surface area contributed by atoms with E-state index in [4.69, 9.17) is 0 Å². The molecule has 1 rings (SSSR count). The van der Waals surface area contributed by atoms with Crippen LogP contribution in [0, 0.1) is 6.92 Å². The molecule has 0 radical (unpaired) electrons. The van der Waals surface area contributed by atoms with E-state index in [1.165, 1.54) is 0 Å². The zero-order valence-corrected chi connectivity index (χ0v) is 6.03. The second-order valence-corrected chi connectivity index (χ2v) is 2.24. The Kier molecular flexibility index (Phi) is 2.23. The molecule has 11 heavy (non-hydrogen) atoms. The third kappa shape index (κ3) is 1.78. The molecular weight excluding hydrogens is 144 g/mol. The number of hydrogen-bond donors (Lipinski definition) is 0. The number of aryl methyl sites for hydroxylation is 1. The van der Waals surface area contributed by atoms with Crippen molar-refractivity contribution in [2.24, 2.45) is 0 Å². The maximum atomic E-state index is 10.6. The van der Waals surface area contributed by atoms with Crippen molar-refractivity contribution in [3.63, 3.8) is 0 Å². The SMILES string of the molecule is Cc1ccc(C(=O)O[O-])cc1. The molecular formula is C8H7O3-. The Morgan fingerprint density at radius 3 is 2.36 bits per heavy atom. The summed E-state index contributed by atoms with van der Waals surface area (Å²) < 4.78 is 0. The molecule has 0 spiro atoms. The zero-order valence-electron chi connectivity index (χ0n) is 6.03. The minimum absolute atomic E-state index is 0.283. The summed E-state index contributed by atoms with van der Waals surface area (Å²) in [6.45, 7) is 1.90. The van der Waals surface area contributed by atoms with Gasteiger partial charge in [-0.3, -0.25) is 0 Å². The monoisotopic (exact) mass is 151 g/mol. The third-order valence-corrected chi connectivity index (χ3v) is 1.36. The van der Waals surface area contributed by atoms with Gasteiger partial charge in [-0.15, -0.1) is 0 Å². The van der Waals surface area contributed by atoms with Gasteiger partial charge in [0.1, 0.15) is 0 Å². The Hall–Kier alpha value is -1.35. The first-order valence-corrected chi connectivity index (χ1v) is 3.15. The lowest BCUT2D eigenvalue weighted by atomic mass is 10.2. The molecule has 0 saturated heterocycles. The summed E-state index contributed by atoms with van der Waals surface area (Å²) in [6.07, 6.45) is 0. The number of carbonyl (C=O) groups is 1. The van der Waals surface area contributed by atoms with Crippen molar-refractivity contribution < 1.29 is 14.9 Å². The minimum Gasteiger partial charge on any atom is -0.661 e. The van der Waals surface area contributed by atoms with Gasteiger partial charge in [0.2, 0.25) is 0 Å². The van der Waals surface area contributed by atoms with Gasteiger partial charge in [0.15, 0.2) is 0 Å². The highest BCUT2D eigenvalue weighted by Gasteiger charge is 2.00. The first-order valence-electron chi connectivity index (χ1n) is 3.15. The van der Waals surface area contributed by atoms with Gasteiger partial charge in [-0.2, -0.15) is 0 Å². The quantitative estimate of drug-likeness (QED) is 0.432. The van der Waals surface area contributed by atoms with Gasteiger partial charge in [0.25, 0.3) is 0 Å². The van der Waals surface area contributed by atoms with Crippen LogP contribution in [-0.2, 0) is 4.89 Å². The van der Waals surface area contributed by atoms with Crippen LogP contribution in [0.5, 0.6) is 0 Å². The van der Waals surface area contributed by atoms with E-state index in [2.05, 4.69) is 4.89 Å². The van der Waals surface area contributed by atoms with Crippen molar-refractivity contribution in [3.8, 4) is 0 Å². The van der Waals surface area contributed by atoms with Crippen LogP contribution in [0.25, 0.3) is 0 Å². The third-order valence-electron chi connectivity index (χ3n) is 1.36. The Labute approximate surface area is 64.2 Å². The largest absolute Gasteiger partial charge is 0.661 e. The molecule has 0 bridgehead atoms. The molecule has 0 unspecified atom stereocenters. The van der Waals surface area contributed by atoms with E-state index in [9.17, 15) is 10.1 Å². The molecule has 58 valence electrons. The normalized spacial score (nSPS) is 9.27. The van der Waals surface area contributed by atoms with Crippen LogP contribution >= 0.6 is 0 Å². The molecule has 0 aliphatic rings. The van der Waals surface area contributed by atoms with Crippen molar-refractivity contribution in [3.05, 3.63) is 35.4 Å². The van der Waals surface area contributed by atoms with Crippen LogP contribution in [0.4, 0.5) is 0 Å². The highest BCUT2D eigenvalue weighted by molar-refractivity contribution is 5.88. The van der Waals surface area contributed by atoms with E-state index in [0.29, 0.717) is 0 Å². The second-order valence-electron chi connectivity index (χ2n) is 2.24. The Bertz CT molecular complexity index is 251. The standard InChI is InChI=1S/C8H8O3/c1-6-2-4-7(5-3-6)8(9)11-10/h2-5,10H,1H3/p-1. The minimum atomic E-state index is -0.843. The highest BCUT2D eigenvalue weighted by atomic mass is 17.1. The molecule has 3 heteroatoms. The fourth-order valence-corrected chi connectivity index (χ4v) is 0.738. The van der Waals surface area contributed by atoms with Gasteiger partial charge in [0.05, 0.1) is 5.56 Å². The van der Waals surface area contributed by atoms with Gasteiger partial charge in [-0.1, -0.05) is 17.7 Å². The topological polar surface area (TPSA) is 49.4 Å². The molecule has 1 aromatic rings. The fourth-order valence-electron chi connectivity index (χ4n) is 0.738. The van der Waals surface area contributed by atoms with E-state index in [0.717, 1.165) is 5.56 Å². The maximum Gasteiger partial charge on any atom is 0.332 e. The fraction of sp³-hybridized carbons (Fsp3) is 0.125. The van der Waals surface area contributed by atoms with Gasteiger partial charge in [-0.25, -0.2) is 4.79 Å². The molecule has 0 saturated carbocycles. The molecule has 3 nitrogen and oxygen atoms in total. The summed E-state index contributed by atoms with van der Waals surface area (Å²) in [7, 11) is 0. The Morgan fingerprint density at radius 2 is 1.91 bits per heavy atom. The number of carbonyl (C=O) groups excluding carboxylic acids is 1. The molecule has 0 atom stereocenters. The smallest absolute Gasteiger partial charge is 0.332 e. The van der Waals surface area contributed by atoms with E-state index in [1.54, 1.807) is 24.3 Å². The molecule has 0 heterocycles. The zero-order chi connectivity index (χ0) is 8.27. The average Bonchev–Trinajstić information content (AvgIpc) is 2.05. The number of benzene rings is 1. The Morgan fingerprint density at radius 1 is 1.36 bits per heavy atom. The summed E-state index contributed by atoms with van der Waals surface area (Å²) in [4.78, 5) is 13.9. The second kappa shape index (κ2) is 3.16. The summed E-state index contributed by atoms with van der Waals surface area (Å²) in [5, 5.41) is 9.67. The van der Waals surface area contributed by atoms with Crippen molar-refractivity contribution in [1.29, 1.82) is 0 Å². The molecule has 0 aromatic heterocycles. The highest BCUT2D eigenvalue weighted by Crippen LogP contribution is 2.03. The van der Waals surface area contributed by atoms with Crippen molar-refractivity contribution in [2.45, 2.75) is 6.92 Å². The summed E-state index contributed by atoms with van der Waals surface area (Å²) in [6, 6.07) is 6.59. The van der Waals surface area contributed by atoms with Crippen LogP contribution in [0.1, 0.15) is 15.9 Å². The molecule has 0 aliphatic heterocycles. The first-order chi connectivity index (χ1) is 5.24. The molecule has 0 aliphatic carbocycles. The van der Waals surface area contributed by atoms with Crippen LogP contribution < -0.4 is 5.26 Å². The maximum absolute atomic E-state index is 10.6. The van der Waals surface area contributed by atoms with E-state index < -0.39 is 5.97 Å². The summed E-state index contributed by atoms with van der Waals surface area (Å²) >= 11 is 0. The predicted octanol–water partition coefficient (Wildman–Crippen LogP) is 0.427. The van der Waals surface area contributed by atoms with Gasteiger partial charge in [-0.05, 0) is 19.1 Å². The van der Waals surface area contributed by atoms with E-state index in [1.807, 2.05) is 6.92 Å². The van der Waals surface area contributed by atoms with Gasteiger partial charge in [0, 0.05) is 0 Å². The van der Waals surface area contributed by atoms with Crippen LogP contribution in [-0.4, -0.2) is 5.97 Å². The molecule has 0 N–H and O–H groups in total. The van der Waals surface area contributed by atoms with Crippen molar-refractivity contribution in [1.82, 2.24) is 0 Å². The first kappa shape index (κ1) is 7.75. The molecule has 1 aromatic carbocycles. The molecule has 0 fully saturated rings. The number of rotatable bonds is 1. The lowest BCUT2D eigenvalue weighted by molar-refractivity contribution is -0.653. The van der Waals surface area contributed by atoms with Gasteiger partial charge < -0.3 is 10.1 Å². The van der Waals surface area contributed by atoms with Crippen molar-refractivity contribution in [2.75, 3.05) is 0 Å².